The monoisotopic (exact) mass is 883 g/mol. The molecule has 10 rings (SSSR count). The molecule has 0 saturated heterocycles. The Labute approximate surface area is 445 Å². The third-order valence-electron chi connectivity index (χ3n) is 20.6. The van der Waals surface area contributed by atoms with E-state index in [1.165, 1.54) is 229 Å². The summed E-state index contributed by atoms with van der Waals surface area (Å²) < 4.78 is 7.47. The highest BCUT2D eigenvalue weighted by molar-refractivity contribution is 6.78. The van der Waals surface area contributed by atoms with Crippen molar-refractivity contribution in [1.82, 2.24) is 0 Å². The van der Waals surface area contributed by atoms with Gasteiger partial charge in [-0.25, -0.2) is 0 Å². The molecule has 0 aliphatic carbocycles. The highest BCUT2D eigenvalue weighted by Crippen LogP contribution is 2.42. The molecular formula is C44H52B26O. The minimum Gasteiger partial charge on any atom is -0.457 e. The molecule has 0 N–H and O–H groups in total. The van der Waals surface area contributed by atoms with Gasteiger partial charge in [0.25, 0.3) is 0 Å². The predicted octanol–water partition coefficient (Wildman–Crippen LogP) is -32.6. The molecule has 0 amide bonds. The largest absolute Gasteiger partial charge is 0.457 e. The first-order valence-electron chi connectivity index (χ1n) is 26.4. The van der Waals surface area contributed by atoms with Crippen LogP contribution in [0.4, 0.5) is 0 Å². The molecule has 1 aromatic heterocycles. The van der Waals surface area contributed by atoms with E-state index >= 15 is 0 Å². The Morgan fingerprint density at radius 2 is 0.352 bits per heavy atom. The van der Waals surface area contributed by atoms with Gasteiger partial charge in [-0.15, -0.1) is 54.6 Å². The highest BCUT2D eigenvalue weighted by Gasteiger charge is 2.32. The van der Waals surface area contributed by atoms with Gasteiger partial charge in [0.2, 0.25) is 0 Å². The lowest BCUT2D eigenvalue weighted by molar-refractivity contribution is 0.675. The normalized spacial score (nSPS) is 12.0. The number of fused-ring (bicyclic) bond motifs is 9. The van der Waals surface area contributed by atoms with E-state index in [-0.39, 0.29) is 0 Å². The minimum absolute atomic E-state index is 1.02. The molecule has 0 saturated carbocycles. The predicted molar refractivity (Wildman–Crippen MR) is 405 cm³/mol. The Morgan fingerprint density at radius 3 is 0.718 bits per heavy atom. The average molecular weight is 878 g/mol. The zero-order valence-electron chi connectivity index (χ0n) is 48.4. The quantitative estimate of drug-likeness (QED) is 0.0958. The molecule has 0 atom stereocenters. The van der Waals surface area contributed by atoms with Crippen molar-refractivity contribution in [3.63, 3.8) is 0 Å². The van der Waals surface area contributed by atoms with Gasteiger partial charge in [-0.3, -0.25) is 0 Å². The number of hydrogen-bond acceptors (Lipinski definition) is 1. The van der Waals surface area contributed by atoms with Crippen LogP contribution in [0.1, 0.15) is 0 Å². The summed E-state index contributed by atoms with van der Waals surface area (Å²) in [5.74, 6) is 0. The van der Waals surface area contributed by atoms with E-state index in [0.29, 0.717) is 0 Å². The molecule has 0 fully saturated rings. The second kappa shape index (κ2) is 16.6. The molecule has 0 bridgehead atoms. The van der Waals surface area contributed by atoms with Crippen LogP contribution in [0.25, 0.3) is 98.1 Å². The van der Waals surface area contributed by atoms with Crippen molar-refractivity contribution in [1.29, 1.82) is 0 Å². The lowest BCUT2D eigenvalue weighted by Gasteiger charge is -2.32. The van der Waals surface area contributed by atoms with Crippen LogP contribution < -0.4 is 142 Å². The van der Waals surface area contributed by atoms with E-state index in [1.54, 1.807) is 0 Å². The molecule has 27 heteroatoms. The van der Waals surface area contributed by atoms with Crippen LogP contribution in [0.2, 0.25) is 0 Å². The molecule has 0 aliphatic rings. The van der Waals surface area contributed by atoms with Crippen molar-refractivity contribution in [2.75, 3.05) is 0 Å². The zero-order chi connectivity index (χ0) is 52.1. The van der Waals surface area contributed by atoms with Crippen LogP contribution in [-0.4, -0.2) is 204 Å². The van der Waals surface area contributed by atoms with Crippen molar-refractivity contribution in [3.8, 4) is 22.3 Å². The topological polar surface area (TPSA) is 13.1 Å². The molecule has 71 heavy (non-hydrogen) atoms. The maximum atomic E-state index is 7.47. The van der Waals surface area contributed by atoms with E-state index in [4.69, 9.17) is 4.42 Å². The number of hydrogen-bond donors (Lipinski definition) is 0. The van der Waals surface area contributed by atoms with E-state index in [0.717, 1.165) is 11.2 Å². The molecule has 1 heterocycles. The third-order valence-corrected chi connectivity index (χ3v) is 20.6. The molecule has 0 unspecified atom stereocenters. The van der Waals surface area contributed by atoms with Gasteiger partial charge in [0.1, 0.15) is 215 Å². The molecule has 0 aliphatic heterocycles. The van der Waals surface area contributed by atoms with Gasteiger partial charge in [-0.05, 0) is 87.0 Å². The third kappa shape index (κ3) is 6.20. The summed E-state index contributed by atoms with van der Waals surface area (Å²) in [7, 11) is 61.7. The van der Waals surface area contributed by atoms with Crippen molar-refractivity contribution >= 4 is 422 Å². The summed E-state index contributed by atoms with van der Waals surface area (Å²) in [6, 6.07) is 0. The van der Waals surface area contributed by atoms with E-state index < -0.39 is 0 Å². The Hall–Kier alpha value is -4.23. The first kappa shape index (κ1) is 50.3. The van der Waals surface area contributed by atoms with E-state index in [9.17, 15) is 0 Å². The standard InChI is InChI=1S/C44H52B26O/c45-17-3(8-9(24(52)38(66)37(65)23(8)51)10-12(17)27(55)40(68)39(67)25(10)53)1-4-6(21(49)35(63)33(61)19(4)47)2(7-5(1)20(48)34(62)36(64)22(7)50)11-26(54)30(58)16-15-18(46)13-14(29(57)42(70)41(69)28(13)56)32(60)43(15)71-44(16)31(11)59/h45-70H2. The number of furan rings is 1. The van der Waals surface area contributed by atoms with Crippen LogP contribution in [0, 0.1) is 0 Å². The van der Waals surface area contributed by atoms with Crippen LogP contribution in [0.5, 0.6) is 0 Å². The van der Waals surface area contributed by atoms with E-state index in [2.05, 4.69) is 204 Å². The second-order valence-electron chi connectivity index (χ2n) is 23.0. The van der Waals surface area contributed by atoms with Gasteiger partial charge in [0.15, 0.2) is 0 Å². The Bertz CT molecular complexity index is 4210. The van der Waals surface area contributed by atoms with Crippen molar-refractivity contribution in [2.24, 2.45) is 0 Å². The molecule has 0 spiro atoms. The molecule has 10 aromatic rings. The Balaban J connectivity index is 1.54. The lowest BCUT2D eigenvalue weighted by Crippen LogP contribution is -2.52. The van der Waals surface area contributed by atoms with E-state index in [1.807, 2.05) is 0 Å². The summed E-state index contributed by atoms with van der Waals surface area (Å²) in [5, 5.41) is 16.6. The first-order chi connectivity index (χ1) is 33.2. The maximum absolute atomic E-state index is 7.47. The molecule has 312 valence electrons. The van der Waals surface area contributed by atoms with Crippen LogP contribution in [0.3, 0.4) is 0 Å². The van der Waals surface area contributed by atoms with Crippen LogP contribution in [-0.2, 0) is 0 Å². The summed E-state index contributed by atoms with van der Waals surface area (Å²) >= 11 is 0. The second-order valence-corrected chi connectivity index (χ2v) is 23.0. The van der Waals surface area contributed by atoms with Crippen molar-refractivity contribution in [2.45, 2.75) is 0 Å². The van der Waals surface area contributed by atoms with Crippen molar-refractivity contribution in [3.05, 3.63) is 0 Å². The van der Waals surface area contributed by atoms with Crippen molar-refractivity contribution < 1.29 is 4.42 Å². The first-order valence-corrected chi connectivity index (χ1v) is 26.4. The number of benzene rings is 9. The van der Waals surface area contributed by atoms with Crippen LogP contribution in [0.15, 0.2) is 4.42 Å². The summed E-state index contributed by atoms with van der Waals surface area (Å²) in [6.45, 7) is 0. The summed E-state index contributed by atoms with van der Waals surface area (Å²) in [4.78, 5) is 0. The zero-order valence-corrected chi connectivity index (χ0v) is 48.4. The fraction of sp³-hybridized carbons (Fsp3) is 0. The van der Waals surface area contributed by atoms with Gasteiger partial charge in [-0.1, -0.05) is 76.5 Å². The average Bonchev–Trinajstić information content (AvgIpc) is 3.76. The molecular weight excluding hydrogens is 826 g/mol. The smallest absolute Gasteiger partial charge is 0.145 e. The number of rotatable bonds is 2. The van der Waals surface area contributed by atoms with Gasteiger partial charge in [0.05, 0.1) is 0 Å². The summed E-state index contributed by atoms with van der Waals surface area (Å²) in [5.41, 5.74) is 43.2. The Morgan fingerprint density at radius 1 is 0.127 bits per heavy atom. The fourth-order valence-electron chi connectivity index (χ4n) is 14.6. The maximum Gasteiger partial charge on any atom is 0.145 e. The van der Waals surface area contributed by atoms with Gasteiger partial charge >= 0.3 is 0 Å². The molecule has 0 radical (unpaired) electrons. The van der Waals surface area contributed by atoms with Gasteiger partial charge < -0.3 is 4.42 Å². The minimum atomic E-state index is 1.02. The van der Waals surface area contributed by atoms with Crippen LogP contribution >= 0.6 is 0 Å². The Kier molecular flexibility index (Phi) is 11.8. The molecule has 9 aromatic carbocycles. The SMILES string of the molecule is Bc1c(B)c(B)c2c(B)c3c(oc4c(B)c(-c5c6c(B)c(B)c(B)c(B)c6c(-c6c(B)c7c(B)c(B)c(B)c(B)c7c7c(B)c(B)c(B)c(B)c67)c6c(B)c(B)c(B)c(B)c56)c(B)c(B)c43)c(B)c2c1B. The molecule has 1 nitrogen and oxygen atoms in total. The summed E-state index contributed by atoms with van der Waals surface area (Å²) in [6.07, 6.45) is 0. The fourth-order valence-corrected chi connectivity index (χ4v) is 14.6. The highest BCUT2D eigenvalue weighted by atomic mass is 16.3. The van der Waals surface area contributed by atoms with Gasteiger partial charge in [0, 0.05) is 10.8 Å². The van der Waals surface area contributed by atoms with Gasteiger partial charge in [-0.2, -0.15) is 0 Å². The lowest BCUT2D eigenvalue weighted by atomic mass is 9.56.